The van der Waals surface area contributed by atoms with Gasteiger partial charge in [0, 0.05) is 49.3 Å². The van der Waals surface area contributed by atoms with Crippen LogP contribution in [0.1, 0.15) is 48.9 Å². The van der Waals surface area contributed by atoms with Crippen molar-refractivity contribution in [1.29, 1.82) is 0 Å². The first kappa shape index (κ1) is 20.3. The highest BCUT2D eigenvalue weighted by Gasteiger charge is 2.16. The minimum atomic E-state index is -0.164. The number of carbonyl (C=O) groups is 2. The summed E-state index contributed by atoms with van der Waals surface area (Å²) < 4.78 is 11.2. The van der Waals surface area contributed by atoms with Gasteiger partial charge in [0.15, 0.2) is 17.3 Å². The Kier molecular flexibility index (Phi) is 6.52. The van der Waals surface area contributed by atoms with Crippen LogP contribution >= 0.6 is 0 Å². The summed E-state index contributed by atoms with van der Waals surface area (Å²) in [6.07, 6.45) is 4.87. The minimum Gasteiger partial charge on any atom is -0.490 e. The fourth-order valence-corrected chi connectivity index (χ4v) is 3.84. The average molecular weight is 408 g/mol. The monoisotopic (exact) mass is 408 g/mol. The van der Waals surface area contributed by atoms with Crippen molar-refractivity contribution in [2.75, 3.05) is 36.5 Å². The van der Waals surface area contributed by atoms with Gasteiger partial charge in [-0.05, 0) is 61.7 Å². The number of ether oxygens (including phenoxy) is 2. The summed E-state index contributed by atoms with van der Waals surface area (Å²) in [6, 6.07) is 13.1. The quantitative estimate of drug-likeness (QED) is 0.716. The van der Waals surface area contributed by atoms with E-state index in [9.17, 15) is 9.59 Å². The van der Waals surface area contributed by atoms with Crippen LogP contribution in [0.5, 0.6) is 11.5 Å². The molecule has 6 nitrogen and oxygen atoms in total. The van der Waals surface area contributed by atoms with Gasteiger partial charge in [-0.2, -0.15) is 0 Å². The average Bonchev–Trinajstić information content (AvgIpc) is 3.03. The molecule has 158 valence electrons. The van der Waals surface area contributed by atoms with Crippen LogP contribution in [0.4, 0.5) is 11.4 Å². The van der Waals surface area contributed by atoms with Gasteiger partial charge in [0.05, 0.1) is 13.2 Å². The van der Waals surface area contributed by atoms with Crippen LogP contribution < -0.4 is 19.7 Å². The Hall–Kier alpha value is -3.02. The first-order valence-electron chi connectivity index (χ1n) is 10.8. The number of carbonyl (C=O) groups excluding carboxylic acids is 2. The number of ketones is 1. The molecule has 0 aliphatic carbocycles. The van der Waals surface area contributed by atoms with E-state index in [1.54, 1.807) is 18.2 Å². The van der Waals surface area contributed by atoms with Crippen LogP contribution in [0, 0.1) is 0 Å². The van der Waals surface area contributed by atoms with Gasteiger partial charge in [0.25, 0.3) is 0 Å². The molecule has 2 aromatic rings. The Morgan fingerprint density at radius 1 is 0.833 bits per heavy atom. The van der Waals surface area contributed by atoms with Crippen molar-refractivity contribution in [2.24, 2.45) is 0 Å². The number of benzene rings is 2. The van der Waals surface area contributed by atoms with Crippen LogP contribution in [0.2, 0.25) is 0 Å². The fourth-order valence-electron chi connectivity index (χ4n) is 3.84. The highest BCUT2D eigenvalue weighted by Crippen LogP contribution is 2.31. The van der Waals surface area contributed by atoms with E-state index in [2.05, 4.69) is 10.2 Å². The van der Waals surface area contributed by atoms with Crippen LogP contribution in [-0.4, -0.2) is 38.0 Å². The molecule has 2 aliphatic rings. The second-order valence-corrected chi connectivity index (χ2v) is 7.78. The lowest BCUT2D eigenvalue weighted by Gasteiger charge is -2.28. The molecule has 2 heterocycles. The molecule has 2 aliphatic heterocycles. The van der Waals surface area contributed by atoms with Gasteiger partial charge >= 0.3 is 0 Å². The number of rotatable bonds is 6. The predicted molar refractivity (Wildman–Crippen MR) is 117 cm³/mol. The molecule has 2 aromatic carbocycles. The first-order chi connectivity index (χ1) is 14.7. The predicted octanol–water partition coefficient (Wildman–Crippen LogP) is 4.44. The van der Waals surface area contributed by atoms with Gasteiger partial charge in [-0.15, -0.1) is 0 Å². The maximum atomic E-state index is 12.5. The molecule has 0 saturated carbocycles. The molecule has 4 rings (SSSR count). The Morgan fingerprint density at radius 2 is 1.57 bits per heavy atom. The highest BCUT2D eigenvalue weighted by molar-refractivity contribution is 6.00. The molecule has 0 atom stereocenters. The Morgan fingerprint density at radius 3 is 2.33 bits per heavy atom. The van der Waals surface area contributed by atoms with Crippen molar-refractivity contribution < 1.29 is 19.1 Å². The summed E-state index contributed by atoms with van der Waals surface area (Å²) in [6.45, 7) is 3.37. The number of fused-ring (bicyclic) bond motifs is 1. The number of anilines is 2. The fraction of sp³-hybridized carbons (Fsp3) is 0.417. The summed E-state index contributed by atoms with van der Waals surface area (Å²) >= 11 is 0. The molecule has 0 unspecified atom stereocenters. The third-order valence-electron chi connectivity index (χ3n) is 5.52. The van der Waals surface area contributed by atoms with Crippen molar-refractivity contribution in [3.8, 4) is 11.5 Å². The van der Waals surface area contributed by atoms with E-state index in [1.807, 2.05) is 24.3 Å². The maximum Gasteiger partial charge on any atom is 0.224 e. The number of hydrogen-bond donors (Lipinski definition) is 1. The summed E-state index contributed by atoms with van der Waals surface area (Å²) in [5.41, 5.74) is 2.49. The number of hydrogen-bond acceptors (Lipinski definition) is 5. The van der Waals surface area contributed by atoms with Crippen molar-refractivity contribution in [1.82, 2.24) is 0 Å². The molecule has 0 bridgehead atoms. The van der Waals surface area contributed by atoms with Gasteiger partial charge in [-0.25, -0.2) is 0 Å². The van der Waals surface area contributed by atoms with E-state index in [0.29, 0.717) is 30.3 Å². The second-order valence-electron chi connectivity index (χ2n) is 7.78. The Bertz CT molecular complexity index is 889. The van der Waals surface area contributed by atoms with Gasteiger partial charge in [-0.1, -0.05) is 0 Å². The molecule has 0 spiro atoms. The van der Waals surface area contributed by atoms with Crippen molar-refractivity contribution >= 4 is 23.1 Å². The zero-order valence-corrected chi connectivity index (χ0v) is 17.2. The van der Waals surface area contributed by atoms with Crippen molar-refractivity contribution in [3.63, 3.8) is 0 Å². The molecule has 0 radical (unpaired) electrons. The van der Waals surface area contributed by atoms with E-state index < -0.39 is 0 Å². The third kappa shape index (κ3) is 5.12. The minimum absolute atomic E-state index is 0.0822. The highest BCUT2D eigenvalue weighted by atomic mass is 16.5. The maximum absolute atomic E-state index is 12.5. The molecule has 1 saturated heterocycles. The normalized spacial score (nSPS) is 15.9. The van der Waals surface area contributed by atoms with Crippen molar-refractivity contribution in [2.45, 2.75) is 38.5 Å². The summed E-state index contributed by atoms with van der Waals surface area (Å²) in [4.78, 5) is 27.2. The van der Waals surface area contributed by atoms with E-state index >= 15 is 0 Å². The molecule has 1 amide bonds. The standard InChI is InChI=1S/C24H28N2O4/c27-21(18-5-11-22-23(17-18)30-16-4-15-29-22)10-12-24(28)25-19-6-8-20(9-7-19)26-13-2-1-3-14-26/h5-9,11,17H,1-4,10,12-16H2,(H,25,28). The molecule has 1 fully saturated rings. The topological polar surface area (TPSA) is 67.9 Å². The molecule has 30 heavy (non-hydrogen) atoms. The lowest BCUT2D eigenvalue weighted by atomic mass is 10.1. The zero-order chi connectivity index (χ0) is 20.8. The van der Waals surface area contributed by atoms with Crippen LogP contribution in [0.25, 0.3) is 0 Å². The SMILES string of the molecule is O=C(CCC(=O)c1ccc2c(c1)OCCCO2)Nc1ccc(N2CCCCC2)cc1. The van der Waals surface area contributed by atoms with Gasteiger partial charge in [0.2, 0.25) is 5.91 Å². The second kappa shape index (κ2) is 9.65. The van der Waals surface area contributed by atoms with Crippen LogP contribution in [0.15, 0.2) is 42.5 Å². The Balaban J connectivity index is 1.28. The summed E-state index contributed by atoms with van der Waals surface area (Å²) in [5.74, 6) is 1.01. The molecule has 6 heteroatoms. The van der Waals surface area contributed by atoms with E-state index in [-0.39, 0.29) is 24.5 Å². The first-order valence-corrected chi connectivity index (χ1v) is 10.8. The smallest absolute Gasteiger partial charge is 0.224 e. The lowest BCUT2D eigenvalue weighted by Crippen LogP contribution is -2.29. The number of amides is 1. The lowest BCUT2D eigenvalue weighted by molar-refractivity contribution is -0.116. The largest absolute Gasteiger partial charge is 0.490 e. The van der Waals surface area contributed by atoms with Crippen LogP contribution in [0.3, 0.4) is 0 Å². The van der Waals surface area contributed by atoms with Gasteiger partial charge in [0.1, 0.15) is 0 Å². The number of Topliss-reactive ketones (excluding diaryl/α,β-unsaturated/α-hetero) is 1. The third-order valence-corrected chi connectivity index (χ3v) is 5.52. The van der Waals surface area contributed by atoms with Gasteiger partial charge in [-0.3, -0.25) is 9.59 Å². The molecule has 0 aromatic heterocycles. The summed E-state index contributed by atoms with van der Waals surface area (Å²) in [5, 5.41) is 2.88. The molecular weight excluding hydrogens is 380 g/mol. The van der Waals surface area contributed by atoms with Crippen molar-refractivity contribution in [3.05, 3.63) is 48.0 Å². The van der Waals surface area contributed by atoms with E-state index in [0.717, 1.165) is 25.2 Å². The van der Waals surface area contributed by atoms with Gasteiger partial charge < -0.3 is 19.7 Å². The van der Waals surface area contributed by atoms with E-state index in [4.69, 9.17) is 9.47 Å². The number of piperidine rings is 1. The number of nitrogens with one attached hydrogen (secondary N) is 1. The zero-order valence-electron chi connectivity index (χ0n) is 17.2. The molecular formula is C24H28N2O4. The molecule has 1 N–H and O–H groups in total. The van der Waals surface area contributed by atoms with E-state index in [1.165, 1.54) is 24.9 Å². The Labute approximate surface area is 177 Å². The van der Waals surface area contributed by atoms with Crippen LogP contribution in [-0.2, 0) is 4.79 Å². The number of nitrogens with zero attached hydrogens (tertiary/aromatic N) is 1. The summed E-state index contributed by atoms with van der Waals surface area (Å²) in [7, 11) is 0.